The van der Waals surface area contributed by atoms with Crippen molar-refractivity contribution in [1.29, 1.82) is 0 Å². The smallest absolute Gasteiger partial charge is 0.328 e. The largest absolute Gasteiger partial charge is 0.465 e. The first-order chi connectivity index (χ1) is 15.5. The van der Waals surface area contributed by atoms with Gasteiger partial charge in [-0.3, -0.25) is 14.9 Å². The van der Waals surface area contributed by atoms with Crippen LogP contribution in [-0.4, -0.2) is 60.1 Å². The Hall–Kier alpha value is -2.41. The van der Waals surface area contributed by atoms with Gasteiger partial charge in [-0.25, -0.2) is 4.79 Å². The van der Waals surface area contributed by atoms with Gasteiger partial charge in [0, 0.05) is 6.04 Å². The topological polar surface area (TPSA) is 84.9 Å². The molecule has 1 saturated heterocycles. The van der Waals surface area contributed by atoms with Gasteiger partial charge in [-0.05, 0) is 64.4 Å². The highest BCUT2D eigenvalue weighted by Crippen LogP contribution is 2.41. The minimum absolute atomic E-state index is 0.0755. The molecule has 2 aliphatic rings. The van der Waals surface area contributed by atoms with Crippen LogP contribution < -0.4 is 5.32 Å². The molecular formula is C25H36N2O5. The summed E-state index contributed by atoms with van der Waals surface area (Å²) in [4.78, 5) is 40.4. The highest BCUT2D eigenvalue weighted by Gasteiger charge is 2.50. The molecule has 1 aliphatic heterocycles. The van der Waals surface area contributed by atoms with Crippen LogP contribution in [0.25, 0.3) is 0 Å². The first-order valence-electron chi connectivity index (χ1n) is 11.9. The number of amides is 1. The molecule has 5 atom stereocenters. The van der Waals surface area contributed by atoms with Crippen molar-refractivity contribution in [3.05, 3.63) is 35.9 Å². The van der Waals surface area contributed by atoms with Crippen molar-refractivity contribution in [2.45, 2.75) is 83.5 Å². The Labute approximate surface area is 190 Å². The number of aryl methyl sites for hydroxylation is 1. The number of rotatable bonds is 10. The van der Waals surface area contributed by atoms with Gasteiger partial charge in [-0.2, -0.15) is 0 Å². The number of ether oxygens (including phenoxy) is 2. The molecule has 0 radical (unpaired) electrons. The van der Waals surface area contributed by atoms with Crippen LogP contribution in [0, 0.1) is 5.92 Å². The SMILES string of the molecule is CCOC(=O)[C@H](CCc1ccccc1)N[C@@H](C)C(=O)N1[C@H](C(=O)OCC)C[C@@H]2CCC[C@@H]21. The van der Waals surface area contributed by atoms with Gasteiger partial charge in [-0.1, -0.05) is 36.8 Å². The Kier molecular flexibility index (Phi) is 8.67. The second-order valence-electron chi connectivity index (χ2n) is 8.72. The molecule has 7 nitrogen and oxygen atoms in total. The number of carbonyl (C=O) groups excluding carboxylic acids is 3. The summed E-state index contributed by atoms with van der Waals surface area (Å²) in [6.07, 6.45) is 4.89. The molecule has 1 aromatic rings. The Morgan fingerprint density at radius 2 is 1.81 bits per heavy atom. The summed E-state index contributed by atoms with van der Waals surface area (Å²) in [5.41, 5.74) is 1.12. The van der Waals surface area contributed by atoms with E-state index in [0.717, 1.165) is 24.8 Å². The van der Waals surface area contributed by atoms with Gasteiger partial charge in [0.05, 0.1) is 19.3 Å². The summed E-state index contributed by atoms with van der Waals surface area (Å²) in [6.45, 7) is 5.90. The summed E-state index contributed by atoms with van der Waals surface area (Å²) in [5, 5.41) is 3.20. The highest BCUT2D eigenvalue weighted by molar-refractivity contribution is 5.89. The van der Waals surface area contributed by atoms with Crippen molar-refractivity contribution in [3.63, 3.8) is 0 Å². The van der Waals surface area contributed by atoms with Crippen molar-refractivity contribution < 1.29 is 23.9 Å². The predicted octanol–water partition coefficient (Wildman–Crippen LogP) is 2.86. The summed E-state index contributed by atoms with van der Waals surface area (Å²) in [7, 11) is 0. The summed E-state index contributed by atoms with van der Waals surface area (Å²) >= 11 is 0. The Morgan fingerprint density at radius 3 is 2.50 bits per heavy atom. The first-order valence-corrected chi connectivity index (χ1v) is 11.9. The maximum absolute atomic E-state index is 13.5. The summed E-state index contributed by atoms with van der Waals surface area (Å²) < 4.78 is 10.5. The van der Waals surface area contributed by atoms with Gasteiger partial charge in [0.1, 0.15) is 12.1 Å². The zero-order valence-corrected chi connectivity index (χ0v) is 19.4. The van der Waals surface area contributed by atoms with E-state index in [4.69, 9.17) is 9.47 Å². The van der Waals surface area contributed by atoms with E-state index >= 15 is 0 Å². The molecule has 0 spiro atoms. The third-order valence-corrected chi connectivity index (χ3v) is 6.61. The second-order valence-corrected chi connectivity index (χ2v) is 8.72. The van der Waals surface area contributed by atoms with E-state index in [1.807, 2.05) is 30.3 Å². The second kappa shape index (κ2) is 11.5. The fourth-order valence-electron chi connectivity index (χ4n) is 5.12. The lowest BCUT2D eigenvalue weighted by Crippen LogP contribution is -2.55. The van der Waals surface area contributed by atoms with Crippen LogP contribution in [0.4, 0.5) is 0 Å². The normalized spacial score (nSPS) is 24.0. The van der Waals surface area contributed by atoms with Crippen molar-refractivity contribution >= 4 is 17.8 Å². The molecule has 2 fully saturated rings. The zero-order chi connectivity index (χ0) is 23.1. The Bertz CT molecular complexity index is 784. The van der Waals surface area contributed by atoms with E-state index in [9.17, 15) is 14.4 Å². The van der Waals surface area contributed by atoms with Crippen LogP contribution >= 0.6 is 0 Å². The van der Waals surface area contributed by atoms with Gasteiger partial charge >= 0.3 is 11.9 Å². The third-order valence-electron chi connectivity index (χ3n) is 6.61. The monoisotopic (exact) mass is 444 g/mol. The van der Waals surface area contributed by atoms with Crippen LogP contribution in [0.1, 0.15) is 58.4 Å². The Morgan fingerprint density at radius 1 is 1.09 bits per heavy atom. The van der Waals surface area contributed by atoms with E-state index in [2.05, 4.69) is 5.32 Å². The number of benzene rings is 1. The number of hydrogen-bond donors (Lipinski definition) is 1. The lowest BCUT2D eigenvalue weighted by molar-refractivity contribution is -0.155. The highest BCUT2D eigenvalue weighted by atomic mass is 16.5. The fraction of sp³-hybridized carbons (Fsp3) is 0.640. The quantitative estimate of drug-likeness (QED) is 0.559. The number of nitrogens with zero attached hydrogens (tertiary/aromatic N) is 1. The van der Waals surface area contributed by atoms with Gasteiger partial charge < -0.3 is 14.4 Å². The molecule has 32 heavy (non-hydrogen) atoms. The number of likely N-dealkylation sites (tertiary alicyclic amines) is 1. The third kappa shape index (κ3) is 5.68. The molecule has 7 heteroatoms. The van der Waals surface area contributed by atoms with Crippen molar-refractivity contribution in [2.75, 3.05) is 13.2 Å². The fourth-order valence-corrected chi connectivity index (χ4v) is 5.12. The van der Waals surface area contributed by atoms with E-state index in [1.54, 1.807) is 25.7 Å². The van der Waals surface area contributed by atoms with Gasteiger partial charge in [0.15, 0.2) is 0 Å². The lowest BCUT2D eigenvalue weighted by atomic mass is 10.0. The lowest BCUT2D eigenvalue weighted by Gasteiger charge is -2.32. The molecule has 1 heterocycles. The number of hydrogen-bond acceptors (Lipinski definition) is 6. The van der Waals surface area contributed by atoms with Crippen LogP contribution in [-0.2, 0) is 30.3 Å². The summed E-state index contributed by atoms with van der Waals surface area (Å²) in [5.74, 6) is -0.482. The van der Waals surface area contributed by atoms with Crippen LogP contribution in [0.15, 0.2) is 30.3 Å². The van der Waals surface area contributed by atoms with E-state index in [-0.39, 0.29) is 30.5 Å². The van der Waals surface area contributed by atoms with Gasteiger partial charge in [-0.15, -0.1) is 0 Å². The number of nitrogens with one attached hydrogen (secondary N) is 1. The molecule has 3 rings (SSSR count). The number of esters is 2. The average Bonchev–Trinajstić information content (AvgIpc) is 3.38. The molecule has 0 bridgehead atoms. The van der Waals surface area contributed by atoms with Gasteiger partial charge in [0.2, 0.25) is 5.91 Å². The minimum atomic E-state index is -0.614. The molecule has 1 saturated carbocycles. The Balaban J connectivity index is 1.70. The van der Waals surface area contributed by atoms with E-state index in [1.165, 1.54) is 0 Å². The maximum atomic E-state index is 13.5. The molecule has 1 aliphatic carbocycles. The molecule has 0 aromatic heterocycles. The first kappa shape index (κ1) is 24.2. The molecule has 176 valence electrons. The van der Waals surface area contributed by atoms with Crippen molar-refractivity contribution in [1.82, 2.24) is 10.2 Å². The standard InChI is InChI=1S/C25H36N2O5/c1-4-31-24(29)20(15-14-18-10-7-6-8-11-18)26-17(3)23(28)27-21-13-9-12-19(21)16-22(27)25(30)32-5-2/h6-8,10-11,17,19-22,26H,4-5,9,12-16H2,1-3H3/t17-,19-,20-,21-,22-/m0/s1. The van der Waals surface area contributed by atoms with E-state index in [0.29, 0.717) is 31.8 Å². The average molecular weight is 445 g/mol. The van der Waals surface area contributed by atoms with Crippen LogP contribution in [0.5, 0.6) is 0 Å². The minimum Gasteiger partial charge on any atom is -0.465 e. The van der Waals surface area contributed by atoms with Gasteiger partial charge in [0.25, 0.3) is 0 Å². The molecule has 0 unspecified atom stereocenters. The zero-order valence-electron chi connectivity index (χ0n) is 19.4. The molecule has 1 N–H and O–H groups in total. The summed E-state index contributed by atoms with van der Waals surface area (Å²) in [6, 6.07) is 8.26. The number of fused-ring (bicyclic) bond motifs is 1. The van der Waals surface area contributed by atoms with Crippen LogP contribution in [0.2, 0.25) is 0 Å². The molecule has 1 amide bonds. The van der Waals surface area contributed by atoms with Crippen molar-refractivity contribution in [3.8, 4) is 0 Å². The molecular weight excluding hydrogens is 408 g/mol. The van der Waals surface area contributed by atoms with E-state index < -0.39 is 18.1 Å². The predicted molar refractivity (Wildman–Crippen MR) is 121 cm³/mol. The molecule has 1 aromatic carbocycles. The maximum Gasteiger partial charge on any atom is 0.328 e. The number of carbonyl (C=O) groups is 3. The van der Waals surface area contributed by atoms with Crippen LogP contribution in [0.3, 0.4) is 0 Å². The van der Waals surface area contributed by atoms with Crippen molar-refractivity contribution in [2.24, 2.45) is 5.92 Å².